The lowest BCUT2D eigenvalue weighted by Gasteiger charge is -2.11. The van der Waals surface area contributed by atoms with Crippen LogP contribution in [0.5, 0.6) is 0 Å². The third-order valence-electron chi connectivity index (χ3n) is 3.39. The maximum absolute atomic E-state index is 12.1. The topological polar surface area (TPSA) is 56.4 Å². The van der Waals surface area contributed by atoms with Crippen LogP contribution < -0.4 is 11.2 Å². The number of unbranched alkanes of at least 4 members (excludes halogenated alkanes) is 3. The summed E-state index contributed by atoms with van der Waals surface area (Å²) in [6, 6.07) is 0. The monoisotopic (exact) mass is 283 g/mol. The third kappa shape index (κ3) is 2.66. The first kappa shape index (κ1) is 14.1. The maximum Gasteiger partial charge on any atom is 0.332 e. The van der Waals surface area contributed by atoms with Gasteiger partial charge in [0.1, 0.15) is 11.0 Å². The average molecular weight is 284 g/mol. The molecule has 0 N–H and O–H groups in total. The summed E-state index contributed by atoms with van der Waals surface area (Å²) in [6.45, 7) is 2.73. The molecule has 1 aliphatic rings. The lowest BCUT2D eigenvalue weighted by molar-refractivity contribution is 0.542. The third-order valence-corrected chi connectivity index (χ3v) is 3.61. The molecule has 2 heterocycles. The van der Waals surface area contributed by atoms with Crippen LogP contribution in [0.4, 0.5) is 5.82 Å². The van der Waals surface area contributed by atoms with Gasteiger partial charge >= 0.3 is 5.69 Å². The smallest absolute Gasteiger partial charge is 0.278 e. The van der Waals surface area contributed by atoms with E-state index in [4.69, 9.17) is 11.6 Å². The number of fused-ring (bicyclic) bond motifs is 1. The summed E-state index contributed by atoms with van der Waals surface area (Å²) >= 11 is 5.90. The lowest BCUT2D eigenvalue weighted by Crippen LogP contribution is -2.39. The predicted molar refractivity (Wildman–Crippen MR) is 76.7 cm³/mol. The molecule has 0 radical (unpaired) electrons. The molecule has 19 heavy (non-hydrogen) atoms. The van der Waals surface area contributed by atoms with Crippen LogP contribution in [-0.4, -0.2) is 14.3 Å². The summed E-state index contributed by atoms with van der Waals surface area (Å²) in [6.07, 6.45) is 4.60. The highest BCUT2D eigenvalue weighted by molar-refractivity contribution is 6.66. The van der Waals surface area contributed by atoms with E-state index in [9.17, 15) is 9.59 Å². The first-order valence-corrected chi connectivity index (χ1v) is 6.99. The number of aromatic nitrogens is 2. The minimum atomic E-state index is -0.310. The second-order valence-corrected chi connectivity index (χ2v) is 5.26. The molecular weight excluding hydrogens is 266 g/mol. The standard InChI is InChI=1S/C13H18ClN3O2/c1-3-4-5-6-7-17-11-9(8-10(14)15-11)12(18)16(2)13(17)19/h3-8H2,1-2H3. The van der Waals surface area contributed by atoms with Crippen molar-refractivity contribution >= 4 is 22.6 Å². The normalized spacial score (nSPS) is 13.5. The summed E-state index contributed by atoms with van der Waals surface area (Å²) in [5, 5.41) is 0.375. The Labute approximate surface area is 116 Å². The van der Waals surface area contributed by atoms with Crippen molar-refractivity contribution in [2.75, 3.05) is 0 Å². The molecule has 0 aliphatic carbocycles. The van der Waals surface area contributed by atoms with Gasteiger partial charge in [0, 0.05) is 20.0 Å². The van der Waals surface area contributed by atoms with Gasteiger partial charge in [0.25, 0.3) is 5.56 Å². The van der Waals surface area contributed by atoms with E-state index in [0.29, 0.717) is 29.5 Å². The van der Waals surface area contributed by atoms with Gasteiger partial charge in [0.2, 0.25) is 0 Å². The van der Waals surface area contributed by atoms with Gasteiger partial charge in [-0.1, -0.05) is 37.8 Å². The van der Waals surface area contributed by atoms with Gasteiger partial charge in [0.05, 0.1) is 5.56 Å². The molecule has 1 aliphatic heterocycles. The van der Waals surface area contributed by atoms with Gasteiger partial charge in [-0.3, -0.25) is 13.9 Å². The van der Waals surface area contributed by atoms with Crippen LogP contribution in [0.2, 0.25) is 0 Å². The molecule has 0 atom stereocenters. The second-order valence-electron chi connectivity index (χ2n) is 4.83. The Morgan fingerprint density at radius 1 is 1.26 bits per heavy atom. The summed E-state index contributed by atoms with van der Waals surface area (Å²) in [7, 11) is 1.50. The number of halogens is 1. The highest BCUT2D eigenvalue weighted by Gasteiger charge is 2.23. The Kier molecular flexibility index (Phi) is 4.24. The highest BCUT2D eigenvalue weighted by Crippen LogP contribution is 2.24. The Morgan fingerprint density at radius 2 is 2.00 bits per heavy atom. The molecule has 104 valence electrons. The fraction of sp³-hybridized carbons (Fsp3) is 0.615. The van der Waals surface area contributed by atoms with Gasteiger partial charge < -0.3 is 0 Å². The highest BCUT2D eigenvalue weighted by atomic mass is 35.5. The zero-order valence-corrected chi connectivity index (χ0v) is 12.0. The van der Waals surface area contributed by atoms with Crippen LogP contribution in [0.3, 0.4) is 0 Å². The van der Waals surface area contributed by atoms with Crippen LogP contribution in [0.25, 0.3) is 0 Å². The SMILES string of the molecule is CCCCCCn1c2c(c(=O)n(C)c1=O)CC(Cl)=N2. The molecule has 2 rings (SSSR count). The Balaban J connectivity index is 2.38. The second kappa shape index (κ2) is 5.74. The lowest BCUT2D eigenvalue weighted by atomic mass is 10.2. The van der Waals surface area contributed by atoms with Crippen molar-refractivity contribution in [3.63, 3.8) is 0 Å². The average Bonchev–Trinajstić information content (AvgIpc) is 2.77. The molecule has 0 bridgehead atoms. The largest absolute Gasteiger partial charge is 0.332 e. The van der Waals surface area contributed by atoms with E-state index in [-0.39, 0.29) is 11.2 Å². The van der Waals surface area contributed by atoms with E-state index in [1.807, 2.05) is 0 Å². The molecule has 0 unspecified atom stereocenters. The molecule has 0 saturated heterocycles. The zero-order chi connectivity index (χ0) is 14.0. The minimum absolute atomic E-state index is 0.288. The Bertz CT molecular complexity index is 628. The number of hydrogen-bond donors (Lipinski definition) is 0. The molecule has 0 aromatic carbocycles. The van der Waals surface area contributed by atoms with Crippen LogP contribution in [0.15, 0.2) is 14.6 Å². The van der Waals surface area contributed by atoms with Crippen LogP contribution in [-0.2, 0) is 20.0 Å². The number of aliphatic imine (C=N–C) groups is 1. The van der Waals surface area contributed by atoms with Gasteiger partial charge in [-0.2, -0.15) is 0 Å². The van der Waals surface area contributed by atoms with E-state index < -0.39 is 0 Å². The van der Waals surface area contributed by atoms with Crippen molar-refractivity contribution in [1.82, 2.24) is 9.13 Å². The summed E-state index contributed by atoms with van der Waals surface area (Å²) < 4.78 is 2.71. The maximum atomic E-state index is 12.1. The first-order chi connectivity index (χ1) is 9.06. The number of rotatable bonds is 5. The Morgan fingerprint density at radius 3 is 2.68 bits per heavy atom. The summed E-state index contributed by atoms with van der Waals surface area (Å²) in [5.74, 6) is 0.453. The molecule has 0 saturated carbocycles. The van der Waals surface area contributed by atoms with Crippen molar-refractivity contribution in [3.8, 4) is 0 Å². The zero-order valence-electron chi connectivity index (χ0n) is 11.3. The van der Waals surface area contributed by atoms with Crippen molar-refractivity contribution in [1.29, 1.82) is 0 Å². The quantitative estimate of drug-likeness (QED) is 0.776. The summed E-state index contributed by atoms with van der Waals surface area (Å²) in [4.78, 5) is 28.3. The van der Waals surface area contributed by atoms with E-state index in [1.54, 1.807) is 4.57 Å². The van der Waals surface area contributed by atoms with Crippen LogP contribution in [0, 0.1) is 0 Å². The van der Waals surface area contributed by atoms with Gasteiger partial charge in [-0.15, -0.1) is 0 Å². The van der Waals surface area contributed by atoms with Gasteiger partial charge in [-0.25, -0.2) is 9.79 Å². The van der Waals surface area contributed by atoms with Crippen molar-refractivity contribution in [3.05, 3.63) is 26.4 Å². The minimum Gasteiger partial charge on any atom is -0.278 e. The first-order valence-electron chi connectivity index (χ1n) is 6.62. The van der Waals surface area contributed by atoms with Crippen LogP contribution >= 0.6 is 11.6 Å². The van der Waals surface area contributed by atoms with Crippen LogP contribution in [0.1, 0.15) is 38.2 Å². The fourth-order valence-corrected chi connectivity index (χ4v) is 2.51. The van der Waals surface area contributed by atoms with E-state index >= 15 is 0 Å². The van der Waals surface area contributed by atoms with Crippen molar-refractivity contribution in [2.45, 2.75) is 45.6 Å². The van der Waals surface area contributed by atoms with E-state index in [2.05, 4.69) is 11.9 Å². The molecule has 6 heteroatoms. The molecule has 0 amide bonds. The van der Waals surface area contributed by atoms with E-state index in [0.717, 1.165) is 30.3 Å². The Hall–Kier alpha value is -1.36. The van der Waals surface area contributed by atoms with Gasteiger partial charge in [-0.05, 0) is 6.42 Å². The molecular formula is C13H18ClN3O2. The van der Waals surface area contributed by atoms with Crippen molar-refractivity contribution < 1.29 is 0 Å². The molecule has 0 fully saturated rings. The molecule has 1 aromatic rings. The summed E-state index contributed by atoms with van der Waals surface area (Å²) in [5.41, 5.74) is -0.0674. The number of nitrogens with zero attached hydrogens (tertiary/aromatic N) is 3. The predicted octanol–water partition coefficient (Wildman–Crippen LogP) is 1.95. The van der Waals surface area contributed by atoms with Gasteiger partial charge in [0.15, 0.2) is 0 Å². The molecule has 1 aromatic heterocycles. The molecule has 5 nitrogen and oxygen atoms in total. The fourth-order valence-electron chi connectivity index (χ4n) is 2.30. The van der Waals surface area contributed by atoms with Crippen molar-refractivity contribution in [2.24, 2.45) is 12.0 Å². The number of hydrogen-bond acceptors (Lipinski definition) is 3. The molecule has 0 spiro atoms. The van der Waals surface area contributed by atoms with E-state index in [1.165, 1.54) is 7.05 Å².